The van der Waals surface area contributed by atoms with E-state index < -0.39 is 15.6 Å². The van der Waals surface area contributed by atoms with Crippen molar-refractivity contribution < 1.29 is 22.0 Å². The number of methoxy groups -OCH3 is 1. The highest BCUT2D eigenvalue weighted by Gasteiger charge is 2.35. The minimum absolute atomic E-state index is 0.0663. The van der Waals surface area contributed by atoms with Crippen LogP contribution in [-0.4, -0.2) is 63.7 Å². The Bertz CT molecular complexity index is 1330. The number of ether oxygens (including phenoxy) is 1. The fourth-order valence-corrected chi connectivity index (χ4v) is 4.88. The van der Waals surface area contributed by atoms with E-state index in [0.29, 0.717) is 42.8 Å². The van der Waals surface area contributed by atoms with Crippen LogP contribution in [0.3, 0.4) is 0 Å². The molecular weight excluding hydrogens is 520 g/mol. The summed E-state index contributed by atoms with van der Waals surface area (Å²) in [7, 11) is -0.618. The van der Waals surface area contributed by atoms with Gasteiger partial charge >= 0.3 is 0 Å². The van der Waals surface area contributed by atoms with Gasteiger partial charge in [-0.15, -0.1) is 10.2 Å². The van der Waals surface area contributed by atoms with Crippen LogP contribution in [0.5, 0.6) is 0 Å². The van der Waals surface area contributed by atoms with Gasteiger partial charge in [0.2, 0.25) is 21.8 Å². The van der Waals surface area contributed by atoms with E-state index in [2.05, 4.69) is 27.0 Å². The fraction of sp³-hybridized carbons (Fsp3) is 0.542. The van der Waals surface area contributed by atoms with Crippen molar-refractivity contribution in [1.29, 1.82) is 0 Å². The summed E-state index contributed by atoms with van der Waals surface area (Å²) in [6, 6.07) is 3.56. The number of aromatic nitrogens is 3. The number of halogens is 1. The van der Waals surface area contributed by atoms with Gasteiger partial charge in [-0.05, 0) is 42.9 Å². The van der Waals surface area contributed by atoms with Crippen molar-refractivity contribution in [3.05, 3.63) is 41.1 Å². The molecule has 11 nitrogen and oxygen atoms in total. The fourth-order valence-electron chi connectivity index (χ4n) is 4.08. The molecule has 0 aliphatic heterocycles. The lowest BCUT2D eigenvalue weighted by molar-refractivity contribution is 0.204. The van der Waals surface area contributed by atoms with Crippen LogP contribution < -0.4 is 14.9 Å². The molecule has 0 spiro atoms. The summed E-state index contributed by atoms with van der Waals surface area (Å²) < 4.78 is 42.3. The molecule has 0 amide bonds. The Kier molecular flexibility index (Phi) is 7.84. The molecule has 3 aromatic rings. The molecule has 3 atom stereocenters. The quantitative estimate of drug-likeness (QED) is 0.355. The molecule has 202 valence electrons. The van der Waals surface area contributed by atoms with Crippen LogP contribution in [-0.2, 0) is 26.7 Å². The molecule has 1 fully saturated rings. The van der Waals surface area contributed by atoms with Gasteiger partial charge in [0.25, 0.3) is 0 Å². The molecule has 3 aromatic heterocycles. The first-order chi connectivity index (χ1) is 17.4. The largest absolute Gasteiger partial charge is 0.472 e. The first kappa shape index (κ1) is 27.4. The number of anilines is 2. The molecule has 3 unspecified atom stereocenters. The highest BCUT2D eigenvalue weighted by Crippen LogP contribution is 2.41. The van der Waals surface area contributed by atoms with Crippen molar-refractivity contribution in [1.82, 2.24) is 15.2 Å². The Morgan fingerprint density at radius 2 is 2.08 bits per heavy atom. The van der Waals surface area contributed by atoms with E-state index in [1.54, 1.807) is 32.6 Å². The van der Waals surface area contributed by atoms with E-state index >= 15 is 0 Å². The Morgan fingerprint density at radius 3 is 2.68 bits per heavy atom. The molecular formula is C24H33ClN6O5S. The zero-order valence-corrected chi connectivity index (χ0v) is 23.2. The van der Waals surface area contributed by atoms with E-state index in [1.807, 2.05) is 6.07 Å². The van der Waals surface area contributed by atoms with E-state index in [9.17, 15) is 8.42 Å². The first-order valence-electron chi connectivity index (χ1n) is 11.9. The third-order valence-electron chi connectivity index (χ3n) is 6.64. The van der Waals surface area contributed by atoms with Gasteiger partial charge in [0, 0.05) is 33.7 Å². The molecule has 0 aromatic carbocycles. The predicted octanol–water partition coefficient (Wildman–Crippen LogP) is 3.30. The van der Waals surface area contributed by atoms with Crippen LogP contribution in [0.4, 0.5) is 11.6 Å². The number of nitrogens with zero attached hydrogens (tertiary/aromatic N) is 5. The van der Waals surface area contributed by atoms with Gasteiger partial charge in [0.15, 0.2) is 5.82 Å². The molecule has 1 aliphatic rings. The summed E-state index contributed by atoms with van der Waals surface area (Å²) in [6.07, 6.45) is 5.80. The summed E-state index contributed by atoms with van der Waals surface area (Å²) in [5.41, 5.74) is 6.78. The zero-order chi connectivity index (χ0) is 27.0. The van der Waals surface area contributed by atoms with Gasteiger partial charge in [0.1, 0.15) is 5.82 Å². The third-order valence-corrected chi connectivity index (χ3v) is 8.18. The molecule has 0 bridgehead atoms. The number of hydrogen-bond donors (Lipinski definition) is 1. The average Bonchev–Trinajstić information content (AvgIpc) is 3.23. The Labute approximate surface area is 222 Å². The van der Waals surface area contributed by atoms with E-state index in [-0.39, 0.29) is 22.6 Å². The van der Waals surface area contributed by atoms with Crippen molar-refractivity contribution in [2.75, 3.05) is 49.3 Å². The maximum atomic E-state index is 12.4. The lowest BCUT2D eigenvalue weighted by Crippen LogP contribution is -2.35. The number of hydrogen-bond acceptors (Lipinski definition) is 10. The Balaban J connectivity index is 1.77. The molecule has 1 saturated carbocycles. The van der Waals surface area contributed by atoms with Crippen LogP contribution in [0.15, 0.2) is 33.5 Å². The predicted molar refractivity (Wildman–Crippen MR) is 141 cm³/mol. The smallest absolute Gasteiger partial charge is 0.249 e. The van der Waals surface area contributed by atoms with Gasteiger partial charge in [-0.1, -0.05) is 18.5 Å². The van der Waals surface area contributed by atoms with Crippen LogP contribution in [0, 0.1) is 11.8 Å². The Morgan fingerprint density at radius 1 is 1.35 bits per heavy atom. The SMILES string of the molecule is COCCN(CC1CC1C)c1cc(-c2nnc(C(C)(N)Cc3ccoc3)o2)c(Cl)c(N(C)S(C)(=O)=O)n1. The maximum Gasteiger partial charge on any atom is 0.249 e. The molecule has 2 N–H and O–H groups in total. The minimum atomic E-state index is -3.66. The molecule has 0 radical (unpaired) electrons. The van der Waals surface area contributed by atoms with Crippen molar-refractivity contribution in [3.8, 4) is 11.5 Å². The van der Waals surface area contributed by atoms with Gasteiger partial charge < -0.3 is 24.2 Å². The molecule has 0 saturated heterocycles. The number of nitrogens with two attached hydrogens (primary N) is 1. The highest BCUT2D eigenvalue weighted by atomic mass is 35.5. The van der Waals surface area contributed by atoms with Crippen LogP contribution in [0.1, 0.15) is 31.7 Å². The van der Waals surface area contributed by atoms with Crippen LogP contribution in [0.2, 0.25) is 5.02 Å². The highest BCUT2D eigenvalue weighted by molar-refractivity contribution is 7.92. The average molecular weight is 553 g/mol. The van der Waals surface area contributed by atoms with Gasteiger partial charge in [-0.3, -0.25) is 4.31 Å². The number of pyridine rings is 1. The summed E-state index contributed by atoms with van der Waals surface area (Å²) in [4.78, 5) is 6.72. The van der Waals surface area contributed by atoms with E-state index in [1.165, 1.54) is 7.05 Å². The standard InChI is InChI=1S/C24H33ClN6O5S/c1-15-10-17(15)13-31(7-9-34-4)19-11-18(20(25)21(27-19)30(3)37(5,32)33)22-28-29-23(36-22)24(2,26)12-16-6-8-35-14-16/h6,8,11,14-15,17H,7,9-10,12-13,26H2,1-5H3. The minimum Gasteiger partial charge on any atom is -0.472 e. The van der Waals surface area contributed by atoms with Crippen LogP contribution >= 0.6 is 11.6 Å². The summed E-state index contributed by atoms with van der Waals surface area (Å²) >= 11 is 6.72. The second-order valence-corrected chi connectivity index (χ2v) is 12.3. The third kappa shape index (κ3) is 6.25. The summed E-state index contributed by atoms with van der Waals surface area (Å²) in [6.45, 7) is 5.78. The topological polar surface area (TPSA) is 141 Å². The van der Waals surface area contributed by atoms with Gasteiger partial charge in [-0.2, -0.15) is 0 Å². The number of rotatable bonds is 12. The maximum absolute atomic E-state index is 12.4. The van der Waals surface area contributed by atoms with E-state index in [0.717, 1.165) is 29.1 Å². The number of sulfonamides is 1. The molecule has 13 heteroatoms. The monoisotopic (exact) mass is 552 g/mol. The molecule has 37 heavy (non-hydrogen) atoms. The van der Waals surface area contributed by atoms with E-state index in [4.69, 9.17) is 30.9 Å². The molecule has 1 aliphatic carbocycles. The second kappa shape index (κ2) is 10.6. The zero-order valence-electron chi connectivity index (χ0n) is 21.6. The van der Waals surface area contributed by atoms with Crippen LogP contribution in [0.25, 0.3) is 11.5 Å². The summed E-state index contributed by atoms with van der Waals surface area (Å²) in [5, 5.41) is 8.47. The molecule has 4 rings (SSSR count). The first-order valence-corrected chi connectivity index (χ1v) is 14.2. The normalized spacial score (nSPS) is 19.0. The number of furan rings is 1. The van der Waals surface area contributed by atoms with Crippen molar-refractivity contribution in [2.45, 2.75) is 32.2 Å². The van der Waals surface area contributed by atoms with Crippen molar-refractivity contribution in [3.63, 3.8) is 0 Å². The van der Waals surface area contributed by atoms with Gasteiger partial charge in [0.05, 0.1) is 41.5 Å². The lowest BCUT2D eigenvalue weighted by Gasteiger charge is -2.26. The Hall–Kier alpha value is -2.67. The second-order valence-electron chi connectivity index (χ2n) is 9.95. The van der Waals surface area contributed by atoms with Gasteiger partial charge in [-0.25, -0.2) is 13.4 Å². The lowest BCUT2D eigenvalue weighted by atomic mass is 9.95. The molecule has 3 heterocycles. The van der Waals surface area contributed by atoms with Crippen molar-refractivity contribution >= 4 is 33.3 Å². The van der Waals surface area contributed by atoms with Crippen molar-refractivity contribution in [2.24, 2.45) is 17.6 Å². The summed E-state index contributed by atoms with van der Waals surface area (Å²) in [5.74, 6) is 2.06.